The lowest BCUT2D eigenvalue weighted by atomic mass is 10.0. The summed E-state index contributed by atoms with van der Waals surface area (Å²) in [6.45, 7) is 2.91. The number of rotatable bonds is 10. The Kier molecular flexibility index (Phi) is 8.15. The third kappa shape index (κ3) is 5.87. The van der Waals surface area contributed by atoms with Crippen LogP contribution in [0.3, 0.4) is 0 Å². The number of aliphatic hydroxyl groups excluding tert-OH is 1. The summed E-state index contributed by atoms with van der Waals surface area (Å²) < 4.78 is 17.9. The molecule has 0 bridgehead atoms. The molecule has 1 aromatic carbocycles. The minimum Gasteiger partial charge on any atom is -0.390 e. The Morgan fingerprint density at radius 3 is 2.94 bits per heavy atom. The van der Waals surface area contributed by atoms with Gasteiger partial charge in [0.25, 0.3) is 11.2 Å². The molecule has 0 aliphatic carbocycles. The SMILES string of the molecule is Cc1cn([C@H]2C[C@H](O)[C@@H](COCOC(C)c3cc(CN=[N+]=[N-])ccc3[N+](=O)[O-])O2)c(=O)[nH]c1=O. The fourth-order valence-electron chi connectivity index (χ4n) is 3.55. The van der Waals surface area contributed by atoms with E-state index in [0.717, 1.165) is 0 Å². The largest absolute Gasteiger partial charge is 0.390 e. The first-order valence-electron chi connectivity index (χ1n) is 10.3. The summed E-state index contributed by atoms with van der Waals surface area (Å²) in [6, 6.07) is 4.36. The predicted molar refractivity (Wildman–Crippen MR) is 117 cm³/mol. The van der Waals surface area contributed by atoms with Gasteiger partial charge >= 0.3 is 5.69 Å². The number of aromatic nitrogens is 2. The maximum Gasteiger partial charge on any atom is 0.330 e. The van der Waals surface area contributed by atoms with Crippen LogP contribution in [0.25, 0.3) is 10.4 Å². The number of nitrogens with one attached hydrogen (secondary N) is 1. The number of aliphatic hydroxyl groups is 1. The van der Waals surface area contributed by atoms with Crippen molar-refractivity contribution in [1.82, 2.24) is 9.55 Å². The second-order valence-corrected chi connectivity index (χ2v) is 7.75. The zero-order chi connectivity index (χ0) is 24.8. The van der Waals surface area contributed by atoms with E-state index in [-0.39, 0.29) is 32.1 Å². The van der Waals surface area contributed by atoms with Gasteiger partial charge in [-0.15, -0.1) is 0 Å². The second kappa shape index (κ2) is 11.0. The number of azide groups is 1. The average molecular weight is 476 g/mol. The highest BCUT2D eigenvalue weighted by molar-refractivity contribution is 5.44. The molecule has 34 heavy (non-hydrogen) atoms. The zero-order valence-electron chi connectivity index (χ0n) is 18.5. The Morgan fingerprint density at radius 2 is 2.24 bits per heavy atom. The van der Waals surface area contributed by atoms with Crippen LogP contribution in [0, 0.1) is 17.0 Å². The molecule has 0 radical (unpaired) electrons. The molecule has 3 rings (SSSR count). The van der Waals surface area contributed by atoms with E-state index in [9.17, 15) is 24.8 Å². The number of H-pyrrole nitrogens is 1. The maximum atomic E-state index is 12.0. The number of nitro benzene ring substituents is 1. The molecule has 2 heterocycles. The summed E-state index contributed by atoms with van der Waals surface area (Å²) in [5.74, 6) is 0. The van der Waals surface area contributed by atoms with Gasteiger partial charge in [0.1, 0.15) is 19.1 Å². The van der Waals surface area contributed by atoms with Crippen LogP contribution < -0.4 is 11.2 Å². The van der Waals surface area contributed by atoms with E-state index in [2.05, 4.69) is 15.0 Å². The fraction of sp³-hybridized carbons (Fsp3) is 0.500. The quantitative estimate of drug-likeness (QED) is 0.0987. The highest BCUT2D eigenvalue weighted by Gasteiger charge is 2.35. The van der Waals surface area contributed by atoms with Gasteiger partial charge in [0.2, 0.25) is 0 Å². The summed E-state index contributed by atoms with van der Waals surface area (Å²) in [7, 11) is 0. The number of aromatic amines is 1. The number of ether oxygens (including phenoxy) is 3. The molecule has 0 amide bonds. The Bertz CT molecular complexity index is 1200. The lowest BCUT2D eigenvalue weighted by molar-refractivity contribution is -0.386. The van der Waals surface area contributed by atoms with Gasteiger partial charge < -0.3 is 19.3 Å². The molecule has 1 aliphatic rings. The molecule has 4 atom stereocenters. The third-order valence-corrected chi connectivity index (χ3v) is 5.39. The van der Waals surface area contributed by atoms with Gasteiger partial charge in [-0.2, -0.15) is 0 Å². The van der Waals surface area contributed by atoms with Crippen LogP contribution in [-0.2, 0) is 20.8 Å². The highest BCUT2D eigenvalue weighted by atomic mass is 16.7. The van der Waals surface area contributed by atoms with Gasteiger partial charge in [-0.05, 0) is 31.0 Å². The highest BCUT2D eigenvalue weighted by Crippen LogP contribution is 2.30. The number of aryl methyl sites for hydroxylation is 1. The predicted octanol–water partition coefficient (Wildman–Crippen LogP) is 1.96. The molecule has 14 heteroatoms. The van der Waals surface area contributed by atoms with Crippen molar-refractivity contribution in [2.75, 3.05) is 13.4 Å². The molecule has 0 spiro atoms. The van der Waals surface area contributed by atoms with E-state index in [4.69, 9.17) is 19.7 Å². The molecule has 1 fully saturated rings. The van der Waals surface area contributed by atoms with Crippen LogP contribution in [0.15, 0.2) is 39.1 Å². The standard InChI is InChI=1S/C20H24N6O8/c1-11-8-25(20(29)23-19(11)28)18-6-16(27)17(34-18)9-32-10-33-12(2)14-5-13(7-22-24-21)3-4-15(14)26(30)31/h3-5,8,12,16-18,27H,6-7,9-10H2,1-2H3,(H,23,28,29)/t12?,16-,17+,18+/m0/s1. The minimum absolute atomic E-state index is 0.0424. The Labute approximate surface area is 192 Å². The smallest absolute Gasteiger partial charge is 0.330 e. The van der Waals surface area contributed by atoms with Crippen LogP contribution in [0.1, 0.15) is 42.4 Å². The summed E-state index contributed by atoms with van der Waals surface area (Å²) in [5.41, 5.74) is 8.41. The molecular formula is C20H24N6O8. The summed E-state index contributed by atoms with van der Waals surface area (Å²) in [4.78, 5) is 39.3. The third-order valence-electron chi connectivity index (χ3n) is 5.39. The van der Waals surface area contributed by atoms with Gasteiger partial charge in [-0.1, -0.05) is 11.2 Å². The summed E-state index contributed by atoms with van der Waals surface area (Å²) >= 11 is 0. The number of nitro groups is 1. The van der Waals surface area contributed by atoms with Crippen LogP contribution in [0.2, 0.25) is 0 Å². The van der Waals surface area contributed by atoms with E-state index in [1.54, 1.807) is 13.8 Å². The van der Waals surface area contributed by atoms with Gasteiger partial charge in [0.05, 0.1) is 35.8 Å². The molecule has 2 aromatic rings. The van der Waals surface area contributed by atoms with Crippen molar-refractivity contribution in [3.63, 3.8) is 0 Å². The van der Waals surface area contributed by atoms with Crippen molar-refractivity contribution < 1.29 is 24.2 Å². The molecular weight excluding hydrogens is 452 g/mol. The van der Waals surface area contributed by atoms with Gasteiger partial charge in [-0.25, -0.2) is 4.79 Å². The van der Waals surface area contributed by atoms with Crippen molar-refractivity contribution >= 4 is 5.69 Å². The summed E-state index contributed by atoms with van der Waals surface area (Å²) in [6.07, 6.45) is -1.65. The number of hydrogen-bond donors (Lipinski definition) is 2. The van der Waals surface area contributed by atoms with E-state index >= 15 is 0 Å². The first kappa shape index (κ1) is 25.1. The lowest BCUT2D eigenvalue weighted by Crippen LogP contribution is -2.33. The van der Waals surface area contributed by atoms with Gasteiger partial charge in [0.15, 0.2) is 0 Å². The van der Waals surface area contributed by atoms with Crippen LogP contribution in [-0.4, -0.2) is 45.2 Å². The number of benzene rings is 1. The Balaban J connectivity index is 1.57. The number of hydrogen-bond acceptors (Lipinski definition) is 9. The van der Waals surface area contributed by atoms with E-state index in [1.165, 1.54) is 29.0 Å². The van der Waals surface area contributed by atoms with Crippen molar-refractivity contribution in [2.24, 2.45) is 5.11 Å². The fourth-order valence-corrected chi connectivity index (χ4v) is 3.55. The van der Waals surface area contributed by atoms with Gasteiger partial charge in [0, 0.05) is 29.2 Å². The first-order valence-corrected chi connectivity index (χ1v) is 10.3. The Hall–Kier alpha value is -3.55. The molecule has 0 saturated carbocycles. The van der Waals surface area contributed by atoms with Crippen molar-refractivity contribution in [2.45, 2.75) is 51.4 Å². The van der Waals surface area contributed by atoms with Crippen molar-refractivity contribution in [1.29, 1.82) is 0 Å². The number of nitrogens with zero attached hydrogens (tertiary/aromatic N) is 5. The zero-order valence-corrected chi connectivity index (χ0v) is 18.5. The molecule has 1 aromatic heterocycles. The molecule has 182 valence electrons. The maximum absolute atomic E-state index is 12.0. The van der Waals surface area contributed by atoms with Crippen LogP contribution in [0.4, 0.5) is 5.69 Å². The minimum atomic E-state index is -0.917. The van der Waals surface area contributed by atoms with Crippen LogP contribution in [0.5, 0.6) is 0 Å². The second-order valence-electron chi connectivity index (χ2n) is 7.75. The Morgan fingerprint density at radius 1 is 1.47 bits per heavy atom. The molecule has 14 nitrogen and oxygen atoms in total. The topological polar surface area (TPSA) is 195 Å². The monoisotopic (exact) mass is 476 g/mol. The average Bonchev–Trinajstić information content (AvgIpc) is 3.17. The van der Waals surface area contributed by atoms with E-state index in [0.29, 0.717) is 16.7 Å². The lowest BCUT2D eigenvalue weighted by Gasteiger charge is -2.18. The molecule has 1 aliphatic heterocycles. The molecule has 2 N–H and O–H groups in total. The molecule has 1 unspecified atom stereocenters. The van der Waals surface area contributed by atoms with E-state index < -0.39 is 40.7 Å². The van der Waals surface area contributed by atoms with Crippen molar-refractivity contribution in [3.05, 3.63) is 82.5 Å². The van der Waals surface area contributed by atoms with Gasteiger partial charge in [-0.3, -0.25) is 24.5 Å². The summed E-state index contributed by atoms with van der Waals surface area (Å²) in [5, 5.41) is 25.1. The normalized spacial score (nSPS) is 20.6. The first-order chi connectivity index (χ1) is 16.2. The van der Waals surface area contributed by atoms with Crippen molar-refractivity contribution in [3.8, 4) is 0 Å². The van der Waals surface area contributed by atoms with E-state index in [1.807, 2.05) is 0 Å². The van der Waals surface area contributed by atoms with Crippen LogP contribution >= 0.6 is 0 Å². The molecule has 1 saturated heterocycles.